The number of rotatable bonds is 9. The number of hydrogen-bond acceptors (Lipinski definition) is 5. The van der Waals surface area contributed by atoms with Gasteiger partial charge in [-0.25, -0.2) is 14.1 Å². The van der Waals surface area contributed by atoms with Crippen LogP contribution in [0.3, 0.4) is 0 Å². The van der Waals surface area contributed by atoms with Crippen molar-refractivity contribution in [2.75, 3.05) is 19.0 Å². The number of methoxy groups -OCH3 is 1. The molecule has 4 rings (SSSR count). The van der Waals surface area contributed by atoms with Crippen molar-refractivity contribution in [3.8, 4) is 11.5 Å². The molecule has 0 radical (unpaired) electrons. The first-order chi connectivity index (χ1) is 17.3. The molecule has 1 aliphatic heterocycles. The number of imide groups is 1. The quantitative estimate of drug-likeness (QED) is 0.483. The van der Waals surface area contributed by atoms with Gasteiger partial charge in [0.05, 0.1) is 7.11 Å². The predicted molar refractivity (Wildman–Crippen MR) is 132 cm³/mol. The molecule has 1 aliphatic rings. The molecule has 184 valence electrons. The zero-order valence-electron chi connectivity index (χ0n) is 19.8. The van der Waals surface area contributed by atoms with Gasteiger partial charge in [-0.05, 0) is 54.4 Å². The third-order valence-corrected chi connectivity index (χ3v) is 5.50. The summed E-state index contributed by atoms with van der Waals surface area (Å²) in [5.41, 5.74) is 3.11. The number of urea groups is 1. The Morgan fingerprint density at radius 3 is 2.36 bits per heavy atom. The molecule has 9 heteroatoms. The zero-order chi connectivity index (χ0) is 25.7. The number of hydrogen-bond donors (Lipinski definition) is 1. The van der Waals surface area contributed by atoms with E-state index in [1.807, 2.05) is 19.1 Å². The van der Waals surface area contributed by atoms with Gasteiger partial charge in [-0.1, -0.05) is 35.9 Å². The van der Waals surface area contributed by atoms with Gasteiger partial charge >= 0.3 is 6.03 Å². The highest BCUT2D eigenvalue weighted by molar-refractivity contribution is 6.46. The molecule has 0 atom stereocenters. The number of benzene rings is 3. The second-order valence-electron chi connectivity index (χ2n) is 8.22. The number of anilines is 1. The molecule has 0 saturated heterocycles. The van der Waals surface area contributed by atoms with Crippen LogP contribution in [-0.4, -0.2) is 42.1 Å². The van der Waals surface area contributed by atoms with Crippen LogP contribution in [0.1, 0.15) is 16.7 Å². The summed E-state index contributed by atoms with van der Waals surface area (Å²) in [6.07, 6.45) is 0.0786. The van der Waals surface area contributed by atoms with Crippen LogP contribution in [0.25, 0.3) is 0 Å². The summed E-state index contributed by atoms with van der Waals surface area (Å²) in [5.74, 6) is -0.540. The number of nitrogens with one attached hydrogen (secondary N) is 1. The van der Waals surface area contributed by atoms with E-state index in [0.717, 1.165) is 16.0 Å². The molecule has 0 spiro atoms. The van der Waals surface area contributed by atoms with E-state index < -0.39 is 24.4 Å². The van der Waals surface area contributed by atoms with Gasteiger partial charge in [-0.15, -0.1) is 0 Å². The Bertz CT molecular complexity index is 1320. The lowest BCUT2D eigenvalue weighted by molar-refractivity contribution is -0.125. The van der Waals surface area contributed by atoms with E-state index in [4.69, 9.17) is 9.47 Å². The molecule has 0 bridgehead atoms. The number of carbonyl (C=O) groups excluding carboxylic acids is 3. The standard InChI is InChI=1S/C27H24FN3O5/c1-17-3-10-21(11-4-17)29-25(32)15-31-26(33)22(30-27(31)34)13-19-7-12-23(24(14-19)35-2)36-16-18-5-8-20(28)9-6-18/h3-12,14H,13,15-16H2,1-2H3,(H,29,32). The molecule has 3 aromatic carbocycles. The van der Waals surface area contributed by atoms with Crippen molar-refractivity contribution < 1.29 is 28.2 Å². The second-order valence-corrected chi connectivity index (χ2v) is 8.22. The lowest BCUT2D eigenvalue weighted by Gasteiger charge is -2.14. The van der Waals surface area contributed by atoms with Crippen LogP contribution in [0.5, 0.6) is 11.5 Å². The Hall–Kier alpha value is -4.53. The zero-order valence-corrected chi connectivity index (χ0v) is 19.8. The fourth-order valence-corrected chi connectivity index (χ4v) is 3.58. The Morgan fingerprint density at radius 1 is 0.972 bits per heavy atom. The maximum absolute atomic E-state index is 13.1. The number of amides is 4. The number of carbonyl (C=O) groups is 3. The largest absolute Gasteiger partial charge is 0.493 e. The summed E-state index contributed by atoms with van der Waals surface area (Å²) in [4.78, 5) is 42.1. The summed E-state index contributed by atoms with van der Waals surface area (Å²) < 4.78 is 24.3. The van der Waals surface area contributed by atoms with E-state index in [2.05, 4.69) is 10.3 Å². The van der Waals surface area contributed by atoms with Gasteiger partial charge in [0.1, 0.15) is 24.7 Å². The predicted octanol–water partition coefficient (Wildman–Crippen LogP) is 4.31. The average Bonchev–Trinajstić information content (AvgIpc) is 3.12. The molecule has 0 unspecified atom stereocenters. The van der Waals surface area contributed by atoms with E-state index in [1.165, 1.54) is 19.2 Å². The van der Waals surface area contributed by atoms with Gasteiger partial charge in [0.15, 0.2) is 11.5 Å². The van der Waals surface area contributed by atoms with Crippen LogP contribution in [0.15, 0.2) is 71.7 Å². The SMILES string of the molecule is COc1cc(CC2=NC(=O)N(CC(=O)Nc3ccc(C)cc3)C2=O)ccc1OCc1ccc(F)cc1. The van der Waals surface area contributed by atoms with Gasteiger partial charge < -0.3 is 14.8 Å². The highest BCUT2D eigenvalue weighted by Gasteiger charge is 2.34. The minimum atomic E-state index is -0.778. The number of ether oxygens (including phenoxy) is 2. The summed E-state index contributed by atoms with van der Waals surface area (Å²) >= 11 is 0. The lowest BCUT2D eigenvalue weighted by Crippen LogP contribution is -2.39. The van der Waals surface area contributed by atoms with Crippen LogP contribution in [0.4, 0.5) is 14.9 Å². The van der Waals surface area contributed by atoms with Crippen molar-refractivity contribution in [1.29, 1.82) is 0 Å². The van der Waals surface area contributed by atoms with Crippen molar-refractivity contribution >= 4 is 29.2 Å². The Morgan fingerprint density at radius 2 is 1.67 bits per heavy atom. The molecule has 0 fully saturated rings. The first-order valence-electron chi connectivity index (χ1n) is 11.2. The van der Waals surface area contributed by atoms with Crippen LogP contribution in [-0.2, 0) is 22.6 Å². The van der Waals surface area contributed by atoms with Crippen molar-refractivity contribution in [2.45, 2.75) is 20.0 Å². The minimum Gasteiger partial charge on any atom is -0.493 e. The molecule has 0 aromatic heterocycles. The molecule has 0 saturated carbocycles. The molecule has 4 amide bonds. The van der Waals surface area contributed by atoms with Crippen LogP contribution >= 0.6 is 0 Å². The molecular weight excluding hydrogens is 465 g/mol. The van der Waals surface area contributed by atoms with Crippen LogP contribution < -0.4 is 14.8 Å². The van der Waals surface area contributed by atoms with Crippen molar-refractivity contribution in [3.63, 3.8) is 0 Å². The molecule has 36 heavy (non-hydrogen) atoms. The normalized spacial score (nSPS) is 13.0. The number of aryl methyl sites for hydroxylation is 1. The van der Waals surface area contributed by atoms with Gasteiger partial charge in [-0.2, -0.15) is 4.99 Å². The van der Waals surface area contributed by atoms with Crippen LogP contribution in [0, 0.1) is 12.7 Å². The lowest BCUT2D eigenvalue weighted by atomic mass is 10.1. The van der Waals surface area contributed by atoms with Crippen molar-refractivity contribution in [3.05, 3.63) is 89.2 Å². The smallest absolute Gasteiger partial charge is 0.351 e. The topological polar surface area (TPSA) is 97.3 Å². The summed E-state index contributed by atoms with van der Waals surface area (Å²) in [7, 11) is 1.49. The molecular formula is C27H24FN3O5. The fraction of sp³-hybridized carbons (Fsp3) is 0.185. The molecule has 1 N–H and O–H groups in total. The highest BCUT2D eigenvalue weighted by atomic mass is 19.1. The van der Waals surface area contributed by atoms with Gasteiger partial charge in [0.2, 0.25) is 5.91 Å². The Kier molecular flexibility index (Phi) is 7.39. The number of nitrogens with zero attached hydrogens (tertiary/aromatic N) is 2. The van der Waals surface area contributed by atoms with E-state index in [1.54, 1.807) is 42.5 Å². The van der Waals surface area contributed by atoms with Gasteiger partial charge in [0, 0.05) is 12.1 Å². The van der Waals surface area contributed by atoms with Gasteiger partial charge in [-0.3, -0.25) is 9.59 Å². The first kappa shape index (κ1) is 24.6. The summed E-state index contributed by atoms with van der Waals surface area (Å²) in [6, 6.07) is 17.5. The van der Waals surface area contributed by atoms with Crippen LogP contribution in [0.2, 0.25) is 0 Å². The van der Waals surface area contributed by atoms with Crippen molar-refractivity contribution in [1.82, 2.24) is 4.90 Å². The summed E-state index contributed by atoms with van der Waals surface area (Å²) in [6.45, 7) is 1.71. The van der Waals surface area contributed by atoms with E-state index in [-0.39, 0.29) is 24.6 Å². The second kappa shape index (κ2) is 10.8. The van der Waals surface area contributed by atoms with E-state index >= 15 is 0 Å². The summed E-state index contributed by atoms with van der Waals surface area (Å²) in [5, 5.41) is 2.66. The molecule has 3 aromatic rings. The van der Waals surface area contributed by atoms with Crippen molar-refractivity contribution in [2.24, 2.45) is 4.99 Å². The average molecular weight is 490 g/mol. The molecule has 0 aliphatic carbocycles. The minimum absolute atomic E-state index is 0.0326. The number of aliphatic imine (C=N–C) groups is 1. The number of halogens is 1. The fourth-order valence-electron chi connectivity index (χ4n) is 3.58. The maximum atomic E-state index is 13.1. The molecule has 1 heterocycles. The Labute approximate surface area is 207 Å². The monoisotopic (exact) mass is 489 g/mol. The third kappa shape index (κ3) is 5.93. The highest BCUT2D eigenvalue weighted by Crippen LogP contribution is 2.29. The first-order valence-corrected chi connectivity index (χ1v) is 11.2. The Balaban J connectivity index is 1.37. The van der Waals surface area contributed by atoms with E-state index in [0.29, 0.717) is 22.7 Å². The van der Waals surface area contributed by atoms with E-state index in [9.17, 15) is 18.8 Å². The van der Waals surface area contributed by atoms with Gasteiger partial charge in [0.25, 0.3) is 5.91 Å². The third-order valence-electron chi connectivity index (χ3n) is 5.50. The maximum Gasteiger partial charge on any atom is 0.351 e. The molecule has 8 nitrogen and oxygen atoms in total.